The van der Waals surface area contributed by atoms with Crippen LogP contribution in [-0.4, -0.2) is 29.6 Å². The minimum atomic E-state index is -5.03. The van der Waals surface area contributed by atoms with Crippen molar-refractivity contribution in [2.45, 2.75) is 38.2 Å². The Bertz CT molecular complexity index is 632. The van der Waals surface area contributed by atoms with E-state index in [4.69, 9.17) is 5.11 Å². The molecule has 0 bridgehead atoms. The molecule has 1 aromatic rings. The highest BCUT2D eigenvalue weighted by Crippen LogP contribution is 2.37. The lowest BCUT2D eigenvalue weighted by atomic mass is 10.1. The lowest BCUT2D eigenvalue weighted by Gasteiger charge is -2.16. The molecular weight excluding hydrogens is 406 g/mol. The molecule has 0 aromatic heterocycles. The number of hydrogen-bond acceptors (Lipinski definition) is 3. The van der Waals surface area contributed by atoms with Crippen molar-refractivity contribution in [3.8, 4) is 0 Å². The van der Waals surface area contributed by atoms with Crippen LogP contribution in [0.1, 0.15) is 30.9 Å². The molecule has 12 heteroatoms. The number of amides is 1. The molecule has 0 aliphatic rings. The van der Waals surface area contributed by atoms with Gasteiger partial charge < -0.3 is 10.4 Å². The minimum Gasteiger partial charge on any atom is -0.480 e. The van der Waals surface area contributed by atoms with Gasteiger partial charge in [-0.15, -0.1) is 12.4 Å². The zero-order valence-corrected chi connectivity index (χ0v) is 14.7. The van der Waals surface area contributed by atoms with E-state index < -0.39 is 53.6 Å². The van der Waals surface area contributed by atoms with E-state index in [2.05, 4.69) is 5.32 Å². The molecule has 27 heavy (non-hydrogen) atoms. The second kappa shape index (κ2) is 9.79. The molecule has 1 rings (SSSR count). The molecule has 5 nitrogen and oxygen atoms in total. The summed E-state index contributed by atoms with van der Waals surface area (Å²) in [5.41, 5.74) is -3.82. The first-order chi connectivity index (χ1) is 11.8. The predicted octanol–water partition coefficient (Wildman–Crippen LogP) is 3.93. The van der Waals surface area contributed by atoms with Crippen LogP contribution < -0.4 is 10.6 Å². The first-order valence-corrected chi connectivity index (χ1v) is 7.40. The molecule has 0 saturated carbocycles. The fourth-order valence-corrected chi connectivity index (χ4v) is 2.05. The van der Waals surface area contributed by atoms with Crippen molar-refractivity contribution in [1.82, 2.24) is 5.32 Å². The number of anilines is 1. The van der Waals surface area contributed by atoms with Crippen molar-refractivity contribution in [3.05, 3.63) is 29.3 Å². The highest BCUT2D eigenvalue weighted by Gasteiger charge is 2.37. The number of carbonyl (C=O) groups is 2. The fourth-order valence-electron chi connectivity index (χ4n) is 2.05. The number of halogens is 7. The maximum atomic E-state index is 12.7. The number of alkyl halides is 6. The number of rotatable bonds is 7. The van der Waals surface area contributed by atoms with E-state index in [-0.39, 0.29) is 24.9 Å². The molecule has 1 atom stereocenters. The quantitative estimate of drug-likeness (QED) is 0.582. The van der Waals surface area contributed by atoms with Crippen LogP contribution in [-0.2, 0) is 21.9 Å². The van der Waals surface area contributed by atoms with Gasteiger partial charge in [-0.3, -0.25) is 14.9 Å². The Morgan fingerprint density at radius 2 is 1.52 bits per heavy atom. The third-order valence-electron chi connectivity index (χ3n) is 3.26. The molecule has 0 radical (unpaired) electrons. The van der Waals surface area contributed by atoms with E-state index in [1.807, 2.05) is 5.32 Å². The van der Waals surface area contributed by atoms with Gasteiger partial charge in [-0.25, -0.2) is 0 Å². The van der Waals surface area contributed by atoms with Gasteiger partial charge in [0, 0.05) is 5.69 Å². The van der Waals surface area contributed by atoms with Crippen molar-refractivity contribution in [2.24, 2.45) is 0 Å². The Balaban J connectivity index is 0.00000676. The van der Waals surface area contributed by atoms with E-state index in [1.165, 1.54) is 0 Å². The Morgan fingerprint density at radius 3 is 1.89 bits per heavy atom. The lowest BCUT2D eigenvalue weighted by Crippen LogP contribution is -2.41. The largest absolute Gasteiger partial charge is 0.480 e. The molecule has 1 amide bonds. The number of hydrogen-bond donors (Lipinski definition) is 3. The maximum Gasteiger partial charge on any atom is 0.416 e. The highest BCUT2D eigenvalue weighted by molar-refractivity contribution is 5.92. The molecule has 1 aromatic carbocycles. The van der Waals surface area contributed by atoms with Gasteiger partial charge in [-0.2, -0.15) is 26.3 Å². The van der Waals surface area contributed by atoms with Gasteiger partial charge in [0.2, 0.25) is 5.91 Å². The minimum absolute atomic E-state index is 0. The Kier molecular flexibility index (Phi) is 9.06. The Hall–Kier alpha value is -2.01. The summed E-state index contributed by atoms with van der Waals surface area (Å²) in [4.78, 5) is 22.7. The number of aliphatic carboxylic acids is 1. The van der Waals surface area contributed by atoms with Gasteiger partial charge >= 0.3 is 18.3 Å². The molecule has 0 heterocycles. The van der Waals surface area contributed by atoms with E-state index in [0.29, 0.717) is 18.6 Å². The van der Waals surface area contributed by atoms with Crippen LogP contribution in [0.3, 0.4) is 0 Å². The van der Waals surface area contributed by atoms with E-state index in [1.54, 1.807) is 6.92 Å². The summed E-state index contributed by atoms with van der Waals surface area (Å²) in [6.45, 7) is 1.12. The van der Waals surface area contributed by atoms with Crippen molar-refractivity contribution in [2.75, 3.05) is 11.9 Å². The summed E-state index contributed by atoms with van der Waals surface area (Å²) in [5.74, 6) is -2.20. The van der Waals surface area contributed by atoms with Gasteiger partial charge in [0.1, 0.15) is 6.04 Å². The number of nitrogens with one attached hydrogen (secondary N) is 2. The second-order valence-corrected chi connectivity index (χ2v) is 5.40. The topological polar surface area (TPSA) is 78.4 Å². The zero-order chi connectivity index (χ0) is 20.1. The third-order valence-corrected chi connectivity index (χ3v) is 3.26. The lowest BCUT2D eigenvalue weighted by molar-refractivity contribution is -0.143. The number of carboxylic acids is 1. The molecule has 0 spiro atoms. The van der Waals surface area contributed by atoms with Crippen molar-refractivity contribution >= 4 is 30.0 Å². The van der Waals surface area contributed by atoms with Gasteiger partial charge in [-0.1, -0.05) is 13.3 Å². The predicted molar refractivity (Wildman–Crippen MR) is 86.7 cm³/mol. The van der Waals surface area contributed by atoms with Crippen LogP contribution in [0.15, 0.2) is 18.2 Å². The summed E-state index contributed by atoms with van der Waals surface area (Å²) in [7, 11) is 0. The summed E-state index contributed by atoms with van der Waals surface area (Å²) >= 11 is 0. The smallest absolute Gasteiger partial charge is 0.416 e. The number of carboxylic acid groups (broad SMARTS) is 1. The Labute approximate surface area is 156 Å². The fraction of sp³-hybridized carbons (Fsp3) is 0.467. The summed E-state index contributed by atoms with van der Waals surface area (Å²) < 4.78 is 76.5. The SMILES string of the molecule is CCCC(NCC(=O)Nc1cc(C(F)(F)F)cc(C(F)(F)F)c1)C(=O)O.Cl. The average molecular weight is 423 g/mol. The van der Waals surface area contributed by atoms with Gasteiger partial charge in [0.05, 0.1) is 17.7 Å². The van der Waals surface area contributed by atoms with E-state index >= 15 is 0 Å². The number of carbonyl (C=O) groups excluding carboxylic acids is 1. The van der Waals surface area contributed by atoms with Gasteiger partial charge in [0.25, 0.3) is 0 Å². The van der Waals surface area contributed by atoms with Crippen LogP contribution in [0.4, 0.5) is 32.0 Å². The van der Waals surface area contributed by atoms with Crippen LogP contribution in [0.5, 0.6) is 0 Å². The van der Waals surface area contributed by atoms with Gasteiger partial charge in [0.15, 0.2) is 0 Å². The summed E-state index contributed by atoms with van der Waals surface area (Å²) in [5, 5.41) is 13.2. The molecule has 3 N–H and O–H groups in total. The molecule has 1 unspecified atom stereocenters. The molecule has 0 fully saturated rings. The molecule has 154 valence electrons. The van der Waals surface area contributed by atoms with E-state index in [9.17, 15) is 35.9 Å². The van der Waals surface area contributed by atoms with Crippen molar-refractivity contribution in [1.29, 1.82) is 0 Å². The highest BCUT2D eigenvalue weighted by atomic mass is 35.5. The molecule has 0 aliphatic carbocycles. The average Bonchev–Trinajstić information content (AvgIpc) is 2.49. The standard InChI is InChI=1S/C15H16F6N2O3.ClH/c1-2-3-11(13(25)26)22-7-12(24)23-10-5-8(14(16,17)18)4-9(6-10)15(19,20)21;/h4-6,11,22H,2-3,7H2,1H3,(H,23,24)(H,25,26);1H. The zero-order valence-electron chi connectivity index (χ0n) is 13.9. The first kappa shape index (κ1) is 25.0. The second-order valence-electron chi connectivity index (χ2n) is 5.40. The Morgan fingerprint density at radius 1 is 1.04 bits per heavy atom. The summed E-state index contributed by atoms with van der Waals surface area (Å²) in [6.07, 6.45) is -9.37. The molecule has 0 saturated heterocycles. The third kappa shape index (κ3) is 8.04. The normalized spacial score (nSPS) is 12.9. The van der Waals surface area contributed by atoms with E-state index in [0.717, 1.165) is 0 Å². The maximum absolute atomic E-state index is 12.7. The van der Waals surface area contributed by atoms with Crippen LogP contribution in [0.25, 0.3) is 0 Å². The van der Waals surface area contributed by atoms with Crippen LogP contribution in [0.2, 0.25) is 0 Å². The first-order valence-electron chi connectivity index (χ1n) is 7.40. The van der Waals surface area contributed by atoms with Gasteiger partial charge in [-0.05, 0) is 24.6 Å². The molecular formula is C15H17ClF6N2O3. The molecule has 0 aliphatic heterocycles. The number of benzene rings is 1. The monoisotopic (exact) mass is 422 g/mol. The van der Waals surface area contributed by atoms with Crippen molar-refractivity contribution in [3.63, 3.8) is 0 Å². The van der Waals surface area contributed by atoms with Crippen LogP contribution >= 0.6 is 12.4 Å². The van der Waals surface area contributed by atoms with Crippen LogP contribution in [0, 0.1) is 0 Å². The summed E-state index contributed by atoms with van der Waals surface area (Å²) in [6, 6.07) is -0.379. The van der Waals surface area contributed by atoms with Crippen molar-refractivity contribution < 1.29 is 41.0 Å².